The van der Waals surface area contributed by atoms with Crippen molar-refractivity contribution in [2.75, 3.05) is 26.8 Å². The number of benzene rings is 1. The fourth-order valence-corrected chi connectivity index (χ4v) is 2.83. The fraction of sp³-hybridized carbons (Fsp3) is 0.533. The van der Waals surface area contributed by atoms with E-state index in [9.17, 15) is 4.79 Å². The summed E-state index contributed by atoms with van der Waals surface area (Å²) in [7, 11) is 1.73. The molecule has 0 aliphatic carbocycles. The van der Waals surface area contributed by atoms with Crippen molar-refractivity contribution < 1.29 is 9.53 Å². The molecule has 0 saturated carbocycles. The molecule has 0 spiro atoms. The molecule has 19 heavy (non-hydrogen) atoms. The van der Waals surface area contributed by atoms with Gasteiger partial charge >= 0.3 is 0 Å². The Labute approximate surface area is 119 Å². The zero-order valence-corrected chi connectivity index (χ0v) is 12.2. The Morgan fingerprint density at radius 2 is 2.37 bits per heavy atom. The van der Waals surface area contributed by atoms with Gasteiger partial charge in [0.1, 0.15) is 0 Å². The molecule has 1 aromatic carbocycles. The number of ketones is 1. The molecular formula is C15H20ClNO2. The SMILES string of the molecule is COCC1CCN(C(C)C(=O)c2cccc(Cl)c2)C1. The Morgan fingerprint density at radius 3 is 3.05 bits per heavy atom. The number of likely N-dealkylation sites (tertiary alicyclic amines) is 1. The van der Waals surface area contributed by atoms with E-state index in [0.717, 1.165) is 26.1 Å². The van der Waals surface area contributed by atoms with Gasteiger partial charge in [-0.3, -0.25) is 9.69 Å². The molecule has 0 radical (unpaired) electrons. The molecule has 0 aromatic heterocycles. The Hall–Kier alpha value is -0.900. The van der Waals surface area contributed by atoms with Gasteiger partial charge in [0.05, 0.1) is 12.6 Å². The summed E-state index contributed by atoms with van der Waals surface area (Å²) in [6, 6.07) is 7.07. The molecule has 1 heterocycles. The van der Waals surface area contributed by atoms with Gasteiger partial charge in [-0.15, -0.1) is 0 Å². The molecule has 1 aliphatic heterocycles. The van der Waals surface area contributed by atoms with Crippen LogP contribution in [0.5, 0.6) is 0 Å². The molecule has 2 rings (SSSR count). The summed E-state index contributed by atoms with van der Waals surface area (Å²) < 4.78 is 5.19. The first-order valence-electron chi connectivity index (χ1n) is 6.64. The minimum absolute atomic E-state index is 0.0969. The minimum Gasteiger partial charge on any atom is -0.384 e. The third kappa shape index (κ3) is 3.56. The summed E-state index contributed by atoms with van der Waals surface area (Å²) in [6.45, 7) is 4.63. The maximum atomic E-state index is 12.4. The van der Waals surface area contributed by atoms with Crippen molar-refractivity contribution in [3.05, 3.63) is 34.9 Å². The van der Waals surface area contributed by atoms with E-state index in [4.69, 9.17) is 16.3 Å². The maximum Gasteiger partial charge on any atom is 0.179 e. The van der Waals surface area contributed by atoms with Crippen molar-refractivity contribution in [1.82, 2.24) is 4.90 Å². The second-order valence-electron chi connectivity index (χ2n) is 5.16. The molecule has 0 N–H and O–H groups in total. The fourth-order valence-electron chi connectivity index (χ4n) is 2.63. The molecule has 0 bridgehead atoms. The number of hydrogen-bond donors (Lipinski definition) is 0. The third-order valence-corrected chi connectivity index (χ3v) is 3.99. The van der Waals surface area contributed by atoms with E-state index in [0.29, 0.717) is 16.5 Å². The van der Waals surface area contributed by atoms with Crippen LogP contribution in [-0.4, -0.2) is 43.5 Å². The Morgan fingerprint density at radius 1 is 1.58 bits per heavy atom. The van der Waals surface area contributed by atoms with Gasteiger partial charge in [-0.1, -0.05) is 23.7 Å². The van der Waals surface area contributed by atoms with Gasteiger partial charge in [-0.2, -0.15) is 0 Å². The van der Waals surface area contributed by atoms with Gasteiger partial charge < -0.3 is 4.74 Å². The van der Waals surface area contributed by atoms with Crippen LogP contribution in [-0.2, 0) is 4.74 Å². The lowest BCUT2D eigenvalue weighted by Gasteiger charge is -2.23. The van der Waals surface area contributed by atoms with Crippen LogP contribution in [0.15, 0.2) is 24.3 Å². The van der Waals surface area contributed by atoms with E-state index in [1.54, 1.807) is 19.2 Å². The highest BCUT2D eigenvalue weighted by Gasteiger charge is 2.29. The van der Waals surface area contributed by atoms with Crippen LogP contribution in [0.1, 0.15) is 23.7 Å². The second-order valence-corrected chi connectivity index (χ2v) is 5.59. The normalized spacial score (nSPS) is 21.5. The summed E-state index contributed by atoms with van der Waals surface area (Å²) in [5.41, 5.74) is 0.690. The molecule has 1 aliphatic rings. The van der Waals surface area contributed by atoms with E-state index >= 15 is 0 Å². The Balaban J connectivity index is 2.00. The second kappa shape index (κ2) is 6.51. The quantitative estimate of drug-likeness (QED) is 0.777. The van der Waals surface area contributed by atoms with Crippen molar-refractivity contribution in [3.8, 4) is 0 Å². The maximum absolute atomic E-state index is 12.4. The highest BCUT2D eigenvalue weighted by Crippen LogP contribution is 2.21. The molecule has 2 atom stereocenters. The van der Waals surface area contributed by atoms with Gasteiger partial charge in [0.2, 0.25) is 0 Å². The molecular weight excluding hydrogens is 262 g/mol. The average molecular weight is 282 g/mol. The largest absolute Gasteiger partial charge is 0.384 e. The van der Waals surface area contributed by atoms with Crippen molar-refractivity contribution in [3.63, 3.8) is 0 Å². The predicted molar refractivity (Wildman–Crippen MR) is 76.8 cm³/mol. The van der Waals surface area contributed by atoms with Crippen LogP contribution in [0.25, 0.3) is 0 Å². The molecule has 1 fully saturated rings. The molecule has 0 amide bonds. The van der Waals surface area contributed by atoms with Gasteiger partial charge in [-0.05, 0) is 37.9 Å². The lowest BCUT2D eigenvalue weighted by molar-refractivity contribution is 0.0852. The summed E-state index contributed by atoms with van der Waals surface area (Å²) in [4.78, 5) is 14.6. The van der Waals surface area contributed by atoms with E-state index in [-0.39, 0.29) is 11.8 Å². The first kappa shape index (κ1) is 14.5. The highest BCUT2D eigenvalue weighted by atomic mass is 35.5. The number of carbonyl (C=O) groups is 1. The van der Waals surface area contributed by atoms with Crippen LogP contribution in [0.2, 0.25) is 5.02 Å². The van der Waals surface area contributed by atoms with Crippen LogP contribution in [0.4, 0.5) is 0 Å². The first-order chi connectivity index (χ1) is 9.11. The van der Waals surface area contributed by atoms with E-state index < -0.39 is 0 Å². The van der Waals surface area contributed by atoms with Crippen molar-refractivity contribution in [1.29, 1.82) is 0 Å². The molecule has 3 nitrogen and oxygen atoms in total. The molecule has 4 heteroatoms. The summed E-state index contributed by atoms with van der Waals surface area (Å²) in [6.07, 6.45) is 1.10. The topological polar surface area (TPSA) is 29.5 Å². The number of Topliss-reactive ketones (excluding diaryl/α,β-unsaturated/α-hetero) is 1. The van der Waals surface area contributed by atoms with Crippen LogP contribution >= 0.6 is 11.6 Å². The lowest BCUT2D eigenvalue weighted by atomic mass is 10.0. The molecule has 2 unspecified atom stereocenters. The molecule has 1 aromatic rings. The zero-order chi connectivity index (χ0) is 13.8. The Bertz CT molecular complexity index is 450. The minimum atomic E-state index is -0.0969. The number of methoxy groups -OCH3 is 1. The van der Waals surface area contributed by atoms with Crippen LogP contribution < -0.4 is 0 Å². The summed E-state index contributed by atoms with van der Waals surface area (Å²) in [5.74, 6) is 0.681. The number of nitrogens with zero attached hydrogens (tertiary/aromatic N) is 1. The monoisotopic (exact) mass is 281 g/mol. The van der Waals surface area contributed by atoms with E-state index in [2.05, 4.69) is 4.90 Å². The molecule has 1 saturated heterocycles. The number of halogens is 1. The van der Waals surface area contributed by atoms with Gasteiger partial charge in [0, 0.05) is 24.2 Å². The van der Waals surface area contributed by atoms with E-state index in [1.807, 2.05) is 19.1 Å². The number of hydrogen-bond acceptors (Lipinski definition) is 3. The van der Waals surface area contributed by atoms with Crippen molar-refractivity contribution in [2.24, 2.45) is 5.92 Å². The zero-order valence-electron chi connectivity index (χ0n) is 11.4. The van der Waals surface area contributed by atoms with Crippen molar-refractivity contribution >= 4 is 17.4 Å². The van der Waals surface area contributed by atoms with E-state index in [1.165, 1.54) is 0 Å². The van der Waals surface area contributed by atoms with Gasteiger partial charge in [0.15, 0.2) is 5.78 Å². The summed E-state index contributed by atoms with van der Waals surface area (Å²) >= 11 is 5.94. The summed E-state index contributed by atoms with van der Waals surface area (Å²) in [5, 5.41) is 0.608. The molecule has 104 valence electrons. The third-order valence-electron chi connectivity index (χ3n) is 3.76. The first-order valence-corrected chi connectivity index (χ1v) is 7.02. The highest BCUT2D eigenvalue weighted by molar-refractivity contribution is 6.31. The lowest BCUT2D eigenvalue weighted by Crippen LogP contribution is -2.37. The van der Waals surface area contributed by atoms with Crippen molar-refractivity contribution in [2.45, 2.75) is 19.4 Å². The predicted octanol–water partition coefficient (Wildman–Crippen LogP) is 2.88. The Kier molecular flexibility index (Phi) is 4.97. The number of ether oxygens (including phenoxy) is 1. The van der Waals surface area contributed by atoms with Crippen LogP contribution in [0.3, 0.4) is 0 Å². The van der Waals surface area contributed by atoms with Gasteiger partial charge in [-0.25, -0.2) is 0 Å². The van der Waals surface area contributed by atoms with Crippen LogP contribution in [0, 0.1) is 5.92 Å². The average Bonchev–Trinajstić information content (AvgIpc) is 2.86. The smallest absolute Gasteiger partial charge is 0.179 e. The standard InChI is InChI=1S/C15H20ClNO2/c1-11(17-7-6-12(9-17)10-19-2)15(18)13-4-3-5-14(16)8-13/h3-5,8,11-12H,6-7,9-10H2,1-2H3. The van der Waals surface area contributed by atoms with Gasteiger partial charge in [0.25, 0.3) is 0 Å². The number of rotatable bonds is 5. The number of carbonyl (C=O) groups excluding carboxylic acids is 1.